The number of pyridine rings is 1. The molecule has 0 aliphatic heterocycles. The molecule has 0 atom stereocenters. The molecule has 0 unspecified atom stereocenters. The van der Waals surface area contributed by atoms with Crippen LogP contribution in [-0.2, 0) is 6.54 Å². The van der Waals surface area contributed by atoms with Crippen molar-refractivity contribution in [3.63, 3.8) is 0 Å². The molecule has 1 heterocycles. The third-order valence-corrected chi connectivity index (χ3v) is 2.75. The van der Waals surface area contributed by atoms with E-state index in [9.17, 15) is 8.78 Å². The van der Waals surface area contributed by atoms with Crippen molar-refractivity contribution < 1.29 is 8.78 Å². The Morgan fingerprint density at radius 1 is 1.54 bits per heavy atom. The van der Waals surface area contributed by atoms with Gasteiger partial charge in [-0.15, -0.1) is 0 Å². The highest BCUT2D eigenvalue weighted by atomic mass is 127. The van der Waals surface area contributed by atoms with E-state index in [2.05, 4.69) is 4.98 Å². The number of halogens is 3. The van der Waals surface area contributed by atoms with Gasteiger partial charge in [-0.05, 0) is 34.2 Å². The van der Waals surface area contributed by atoms with Crippen LogP contribution in [0.1, 0.15) is 17.7 Å². The van der Waals surface area contributed by atoms with Gasteiger partial charge in [-0.3, -0.25) is 0 Å². The van der Waals surface area contributed by atoms with Crippen LogP contribution in [0.5, 0.6) is 0 Å². The van der Waals surface area contributed by atoms with Gasteiger partial charge in [0.1, 0.15) is 11.5 Å². The summed E-state index contributed by atoms with van der Waals surface area (Å²) in [6, 6.07) is 1.51. The number of hydrogen-bond donors (Lipinski definition) is 2. The van der Waals surface area contributed by atoms with Crippen molar-refractivity contribution in [2.24, 2.45) is 5.73 Å². The highest BCUT2D eigenvalue weighted by Crippen LogP contribution is 2.26. The molecule has 0 aliphatic carbocycles. The van der Waals surface area contributed by atoms with E-state index in [0.717, 1.165) is 0 Å². The summed E-state index contributed by atoms with van der Waals surface area (Å²) >= 11 is 1.79. The molecule has 0 aliphatic rings. The number of hydrogen-bond acceptors (Lipinski definition) is 3. The normalized spacial score (nSPS) is 10.8. The Balaban J connectivity index is 3.27. The van der Waals surface area contributed by atoms with Gasteiger partial charge < -0.3 is 11.5 Å². The second kappa shape index (κ2) is 4.14. The summed E-state index contributed by atoms with van der Waals surface area (Å²) in [5.41, 5.74) is 11.0. The number of nitrogens with zero attached hydrogens (tertiary/aromatic N) is 1. The second-order valence-electron chi connectivity index (χ2n) is 2.41. The predicted octanol–water partition coefficient (Wildman–Crippen LogP) is 1.66. The number of rotatable bonds is 2. The number of nitrogen functional groups attached to an aromatic ring is 1. The summed E-state index contributed by atoms with van der Waals surface area (Å²) in [7, 11) is 0. The minimum atomic E-state index is -2.61. The Kier molecular flexibility index (Phi) is 3.37. The molecule has 72 valence electrons. The fraction of sp³-hybridized carbons (Fsp3) is 0.286. The molecule has 0 fully saturated rings. The molecule has 3 nitrogen and oxygen atoms in total. The largest absolute Gasteiger partial charge is 0.384 e. The van der Waals surface area contributed by atoms with Crippen molar-refractivity contribution in [3.05, 3.63) is 20.9 Å². The summed E-state index contributed by atoms with van der Waals surface area (Å²) in [5, 5.41) is 0. The van der Waals surface area contributed by atoms with Crippen molar-refractivity contribution in [1.82, 2.24) is 4.98 Å². The summed E-state index contributed by atoms with van der Waals surface area (Å²) < 4.78 is 25.1. The zero-order valence-corrected chi connectivity index (χ0v) is 8.76. The fourth-order valence-corrected chi connectivity index (χ4v) is 1.65. The van der Waals surface area contributed by atoms with E-state index in [-0.39, 0.29) is 18.1 Å². The first-order valence-corrected chi connectivity index (χ1v) is 4.57. The molecule has 4 N–H and O–H groups in total. The SMILES string of the molecule is NCc1cc(N)nc(C(F)F)c1I. The van der Waals surface area contributed by atoms with Crippen molar-refractivity contribution in [1.29, 1.82) is 0 Å². The van der Waals surface area contributed by atoms with E-state index in [4.69, 9.17) is 11.5 Å². The number of anilines is 1. The standard InChI is InChI=1S/C7H8F2IN3/c8-7(9)6-5(10)3(2-11)1-4(12)13-6/h1,7H,2,11H2,(H2,12,13). The maximum absolute atomic E-state index is 12.4. The third kappa shape index (κ3) is 2.25. The molecule has 0 saturated carbocycles. The minimum Gasteiger partial charge on any atom is -0.384 e. The van der Waals surface area contributed by atoms with Gasteiger partial charge in [0.2, 0.25) is 0 Å². The lowest BCUT2D eigenvalue weighted by molar-refractivity contribution is 0.145. The second-order valence-corrected chi connectivity index (χ2v) is 3.49. The monoisotopic (exact) mass is 299 g/mol. The Labute approximate surface area is 87.7 Å². The van der Waals surface area contributed by atoms with Gasteiger partial charge in [-0.25, -0.2) is 13.8 Å². The minimum absolute atomic E-state index is 0.0798. The van der Waals surface area contributed by atoms with Crippen molar-refractivity contribution in [2.45, 2.75) is 13.0 Å². The molecule has 6 heteroatoms. The first kappa shape index (κ1) is 10.6. The van der Waals surface area contributed by atoms with Gasteiger partial charge in [0.15, 0.2) is 0 Å². The summed E-state index contributed by atoms with van der Waals surface area (Å²) in [5.74, 6) is 0.0798. The fourth-order valence-electron chi connectivity index (χ4n) is 0.920. The molecule has 1 aromatic rings. The maximum Gasteiger partial charge on any atom is 0.281 e. The quantitative estimate of drug-likeness (QED) is 0.816. The van der Waals surface area contributed by atoms with Gasteiger partial charge >= 0.3 is 0 Å². The molecule has 13 heavy (non-hydrogen) atoms. The Morgan fingerprint density at radius 2 is 2.15 bits per heavy atom. The Hall–Kier alpha value is -0.500. The zero-order valence-electron chi connectivity index (χ0n) is 6.60. The van der Waals surface area contributed by atoms with E-state index < -0.39 is 6.43 Å². The van der Waals surface area contributed by atoms with Gasteiger partial charge in [0.05, 0.1) is 0 Å². The number of aromatic nitrogens is 1. The lowest BCUT2D eigenvalue weighted by atomic mass is 10.2. The highest BCUT2D eigenvalue weighted by Gasteiger charge is 2.16. The molecule has 0 bridgehead atoms. The first-order valence-electron chi connectivity index (χ1n) is 3.49. The van der Waals surface area contributed by atoms with E-state index in [1.807, 2.05) is 0 Å². The highest BCUT2D eigenvalue weighted by molar-refractivity contribution is 14.1. The van der Waals surface area contributed by atoms with Crippen LogP contribution in [0.3, 0.4) is 0 Å². The number of nitrogens with two attached hydrogens (primary N) is 2. The van der Waals surface area contributed by atoms with Crippen LogP contribution in [0.2, 0.25) is 0 Å². The van der Waals surface area contributed by atoms with Crippen molar-refractivity contribution in [2.75, 3.05) is 5.73 Å². The smallest absolute Gasteiger partial charge is 0.281 e. The van der Waals surface area contributed by atoms with Gasteiger partial charge in [0, 0.05) is 10.1 Å². The van der Waals surface area contributed by atoms with Crippen LogP contribution in [0.4, 0.5) is 14.6 Å². The molecule has 0 spiro atoms. The van der Waals surface area contributed by atoms with E-state index in [1.54, 1.807) is 22.6 Å². The van der Waals surface area contributed by atoms with E-state index in [0.29, 0.717) is 9.13 Å². The van der Waals surface area contributed by atoms with Crippen LogP contribution >= 0.6 is 22.6 Å². The van der Waals surface area contributed by atoms with Crippen LogP contribution in [-0.4, -0.2) is 4.98 Å². The van der Waals surface area contributed by atoms with E-state index >= 15 is 0 Å². The van der Waals surface area contributed by atoms with Gasteiger partial charge in [0.25, 0.3) is 6.43 Å². The maximum atomic E-state index is 12.4. The summed E-state index contributed by atoms with van der Waals surface area (Å²) in [4.78, 5) is 3.55. The molecule has 0 radical (unpaired) electrons. The average Bonchev–Trinajstić information content (AvgIpc) is 2.08. The van der Waals surface area contributed by atoms with Gasteiger partial charge in [-0.1, -0.05) is 0 Å². The van der Waals surface area contributed by atoms with E-state index in [1.165, 1.54) is 6.07 Å². The molecule has 0 amide bonds. The average molecular weight is 299 g/mol. The molecule has 0 saturated heterocycles. The lowest BCUT2D eigenvalue weighted by Crippen LogP contribution is -2.07. The van der Waals surface area contributed by atoms with Crippen molar-refractivity contribution >= 4 is 28.4 Å². The zero-order chi connectivity index (χ0) is 10.0. The van der Waals surface area contributed by atoms with Crippen LogP contribution in [0.15, 0.2) is 6.07 Å². The van der Waals surface area contributed by atoms with Crippen molar-refractivity contribution in [3.8, 4) is 0 Å². The predicted molar refractivity (Wildman–Crippen MR) is 54.2 cm³/mol. The van der Waals surface area contributed by atoms with Crippen LogP contribution in [0, 0.1) is 3.57 Å². The molecule has 1 rings (SSSR count). The summed E-state index contributed by atoms with van der Waals surface area (Å²) in [6.45, 7) is 0.185. The molecule has 0 aromatic carbocycles. The van der Waals surface area contributed by atoms with Crippen LogP contribution in [0.25, 0.3) is 0 Å². The molecular weight excluding hydrogens is 291 g/mol. The lowest BCUT2D eigenvalue weighted by Gasteiger charge is -2.07. The summed E-state index contributed by atoms with van der Waals surface area (Å²) in [6.07, 6.45) is -2.61. The van der Waals surface area contributed by atoms with Gasteiger partial charge in [-0.2, -0.15) is 0 Å². The van der Waals surface area contributed by atoms with Crippen LogP contribution < -0.4 is 11.5 Å². The first-order chi connectivity index (χ1) is 6.06. The Morgan fingerprint density at radius 3 is 2.62 bits per heavy atom. The molecule has 1 aromatic heterocycles. The topological polar surface area (TPSA) is 64.9 Å². The third-order valence-electron chi connectivity index (χ3n) is 1.51. The number of alkyl halides is 2. The Bertz CT molecular complexity index is 317. The molecular formula is C7H8F2IN3.